The Morgan fingerprint density at radius 2 is 2.00 bits per heavy atom. The van der Waals surface area contributed by atoms with Crippen LogP contribution in [-0.2, 0) is 11.3 Å². The van der Waals surface area contributed by atoms with Gasteiger partial charge in [-0.05, 0) is 18.1 Å². The van der Waals surface area contributed by atoms with E-state index in [1.807, 2.05) is 30.3 Å². The van der Waals surface area contributed by atoms with Crippen molar-refractivity contribution in [1.82, 2.24) is 4.90 Å². The molecule has 1 aromatic rings. The Kier molecular flexibility index (Phi) is 2.81. The van der Waals surface area contributed by atoms with Crippen molar-refractivity contribution in [1.29, 1.82) is 0 Å². The summed E-state index contributed by atoms with van der Waals surface area (Å²) in [5, 5.41) is 0. The average molecular weight is 205 g/mol. The minimum absolute atomic E-state index is 0.487. The third-order valence-corrected chi connectivity index (χ3v) is 2.43. The largest absolute Gasteiger partial charge is 0.332 e. The molecule has 1 aromatic carbocycles. The lowest BCUT2D eigenvalue weighted by Crippen LogP contribution is -2.34. The number of rotatable bonds is 2. The van der Waals surface area contributed by atoms with Crippen molar-refractivity contribution in [3.05, 3.63) is 47.8 Å². The van der Waals surface area contributed by atoms with Crippen LogP contribution in [0.1, 0.15) is 12.0 Å². The van der Waals surface area contributed by atoms with E-state index in [9.17, 15) is 9.18 Å². The fraction of sp³-hybridized carbons (Fsp3) is 0.250. The number of nitrogens with zero attached hydrogens (tertiary/aromatic N) is 1. The Balaban J connectivity index is 2.08. The molecule has 2 nitrogen and oxygen atoms in total. The van der Waals surface area contributed by atoms with Crippen LogP contribution in [-0.4, -0.2) is 17.4 Å². The van der Waals surface area contributed by atoms with Crippen LogP contribution >= 0.6 is 0 Å². The van der Waals surface area contributed by atoms with E-state index in [0.29, 0.717) is 19.5 Å². The molecule has 0 aromatic heterocycles. The summed E-state index contributed by atoms with van der Waals surface area (Å²) in [6.45, 7) is 1.09. The van der Waals surface area contributed by atoms with Crippen molar-refractivity contribution < 1.29 is 9.18 Å². The molecule has 3 heteroatoms. The van der Waals surface area contributed by atoms with E-state index in [1.165, 1.54) is 11.0 Å². The minimum atomic E-state index is -0.628. The van der Waals surface area contributed by atoms with Crippen LogP contribution in [0.3, 0.4) is 0 Å². The molecule has 0 spiro atoms. The first-order valence-corrected chi connectivity index (χ1v) is 4.96. The number of carbonyl (C=O) groups is 1. The van der Waals surface area contributed by atoms with Crippen LogP contribution in [0.2, 0.25) is 0 Å². The highest BCUT2D eigenvalue weighted by Gasteiger charge is 2.21. The molecule has 0 radical (unpaired) electrons. The average Bonchev–Trinajstić information content (AvgIpc) is 2.26. The van der Waals surface area contributed by atoms with Crippen LogP contribution in [0.4, 0.5) is 4.39 Å². The van der Waals surface area contributed by atoms with Gasteiger partial charge in [-0.15, -0.1) is 0 Å². The van der Waals surface area contributed by atoms with E-state index in [4.69, 9.17) is 0 Å². The molecule has 0 saturated heterocycles. The van der Waals surface area contributed by atoms with Crippen LogP contribution in [0.5, 0.6) is 0 Å². The fourth-order valence-corrected chi connectivity index (χ4v) is 1.64. The number of hydrogen-bond acceptors (Lipinski definition) is 1. The zero-order chi connectivity index (χ0) is 10.7. The highest BCUT2D eigenvalue weighted by Crippen LogP contribution is 2.15. The Hall–Kier alpha value is -1.64. The Labute approximate surface area is 88.0 Å². The van der Waals surface area contributed by atoms with Gasteiger partial charge in [0, 0.05) is 13.1 Å². The van der Waals surface area contributed by atoms with Crippen molar-refractivity contribution in [3.8, 4) is 0 Å². The zero-order valence-electron chi connectivity index (χ0n) is 8.32. The van der Waals surface area contributed by atoms with Crippen molar-refractivity contribution in [3.63, 3.8) is 0 Å². The van der Waals surface area contributed by atoms with Gasteiger partial charge >= 0.3 is 0 Å². The lowest BCUT2D eigenvalue weighted by molar-refractivity contribution is -0.130. The van der Waals surface area contributed by atoms with Crippen molar-refractivity contribution in [2.24, 2.45) is 0 Å². The topological polar surface area (TPSA) is 20.3 Å². The molecule has 0 unspecified atom stereocenters. The molecule has 0 fully saturated rings. The Morgan fingerprint density at radius 1 is 1.27 bits per heavy atom. The lowest BCUT2D eigenvalue weighted by Gasteiger charge is -2.24. The second-order valence-electron chi connectivity index (χ2n) is 3.55. The quantitative estimate of drug-likeness (QED) is 0.725. The third kappa shape index (κ3) is 2.24. The lowest BCUT2D eigenvalue weighted by atomic mass is 10.1. The van der Waals surface area contributed by atoms with Crippen LogP contribution in [0, 0.1) is 0 Å². The number of hydrogen-bond donors (Lipinski definition) is 0. The smallest absolute Gasteiger partial charge is 0.282 e. The van der Waals surface area contributed by atoms with Gasteiger partial charge < -0.3 is 4.90 Å². The number of amides is 1. The molecule has 0 bridgehead atoms. The van der Waals surface area contributed by atoms with Gasteiger partial charge in [0.1, 0.15) is 0 Å². The van der Waals surface area contributed by atoms with E-state index in [1.54, 1.807) is 0 Å². The summed E-state index contributed by atoms with van der Waals surface area (Å²) in [5.41, 5.74) is 1.03. The summed E-state index contributed by atoms with van der Waals surface area (Å²) in [6.07, 6.45) is 1.95. The maximum Gasteiger partial charge on any atom is 0.282 e. The monoisotopic (exact) mass is 205 g/mol. The van der Waals surface area contributed by atoms with Gasteiger partial charge in [-0.3, -0.25) is 4.79 Å². The summed E-state index contributed by atoms with van der Waals surface area (Å²) in [5.74, 6) is -1.12. The van der Waals surface area contributed by atoms with E-state index in [0.717, 1.165) is 5.56 Å². The molecule has 1 heterocycles. The van der Waals surface area contributed by atoms with E-state index < -0.39 is 11.7 Å². The van der Waals surface area contributed by atoms with Gasteiger partial charge in [-0.2, -0.15) is 0 Å². The summed E-state index contributed by atoms with van der Waals surface area (Å²) >= 11 is 0. The number of carbonyl (C=O) groups excluding carboxylic acids is 1. The molecule has 0 atom stereocenters. The third-order valence-electron chi connectivity index (χ3n) is 2.43. The number of halogens is 1. The molecule has 2 rings (SSSR count). The van der Waals surface area contributed by atoms with Gasteiger partial charge in [0.15, 0.2) is 5.83 Å². The van der Waals surface area contributed by atoms with Crippen LogP contribution in [0.15, 0.2) is 42.2 Å². The van der Waals surface area contributed by atoms with Gasteiger partial charge in [0.05, 0.1) is 0 Å². The summed E-state index contributed by atoms with van der Waals surface area (Å²) in [7, 11) is 0. The molecule has 0 aliphatic carbocycles. The molecule has 15 heavy (non-hydrogen) atoms. The predicted octanol–water partition coefficient (Wildman–Crippen LogP) is 2.27. The first-order chi connectivity index (χ1) is 7.27. The predicted molar refractivity (Wildman–Crippen MR) is 55.7 cm³/mol. The van der Waals surface area contributed by atoms with Crippen molar-refractivity contribution in [2.75, 3.05) is 6.54 Å². The number of benzene rings is 1. The normalized spacial score (nSPS) is 16.5. The molecular weight excluding hydrogens is 193 g/mol. The van der Waals surface area contributed by atoms with E-state index >= 15 is 0 Å². The molecule has 1 aliphatic heterocycles. The van der Waals surface area contributed by atoms with Crippen LogP contribution in [0.25, 0.3) is 0 Å². The fourth-order valence-electron chi connectivity index (χ4n) is 1.64. The summed E-state index contributed by atoms with van der Waals surface area (Å²) < 4.78 is 13.0. The van der Waals surface area contributed by atoms with Crippen molar-refractivity contribution in [2.45, 2.75) is 13.0 Å². The van der Waals surface area contributed by atoms with E-state index in [2.05, 4.69) is 0 Å². The second kappa shape index (κ2) is 4.26. The van der Waals surface area contributed by atoms with Gasteiger partial charge in [-0.1, -0.05) is 30.3 Å². The molecule has 0 saturated carbocycles. The van der Waals surface area contributed by atoms with Crippen molar-refractivity contribution >= 4 is 5.91 Å². The van der Waals surface area contributed by atoms with Gasteiger partial charge in [-0.25, -0.2) is 4.39 Å². The van der Waals surface area contributed by atoms with Crippen LogP contribution < -0.4 is 0 Å². The van der Waals surface area contributed by atoms with Gasteiger partial charge in [0.2, 0.25) is 0 Å². The highest BCUT2D eigenvalue weighted by molar-refractivity contribution is 5.91. The molecule has 1 amide bonds. The highest BCUT2D eigenvalue weighted by atomic mass is 19.1. The maximum absolute atomic E-state index is 13.0. The Bertz CT molecular complexity index is 386. The zero-order valence-corrected chi connectivity index (χ0v) is 8.32. The molecule has 1 aliphatic rings. The standard InChI is InChI=1S/C12H12FNO/c13-11-7-4-8-14(12(11)15)9-10-5-2-1-3-6-10/h1-3,5-7H,4,8-9H2. The van der Waals surface area contributed by atoms with E-state index in [-0.39, 0.29) is 0 Å². The second-order valence-corrected chi connectivity index (χ2v) is 3.55. The summed E-state index contributed by atoms with van der Waals surface area (Å²) in [6, 6.07) is 9.61. The Morgan fingerprint density at radius 3 is 2.73 bits per heavy atom. The molecule has 78 valence electrons. The maximum atomic E-state index is 13.0. The van der Waals surface area contributed by atoms with Gasteiger partial charge in [0.25, 0.3) is 5.91 Å². The summed E-state index contributed by atoms with van der Waals surface area (Å²) in [4.78, 5) is 12.9. The first-order valence-electron chi connectivity index (χ1n) is 4.96. The minimum Gasteiger partial charge on any atom is -0.332 e. The SMILES string of the molecule is O=C1C(F)=CCCN1Cc1ccccc1. The molecule has 0 N–H and O–H groups in total. The molecular formula is C12H12FNO. The first kappa shape index (κ1) is 9.90.